The molecule has 1 fully saturated rings. The van der Waals surface area contributed by atoms with Gasteiger partial charge >= 0.3 is 0 Å². The maximum Gasteiger partial charge on any atom is 0.238 e. The fraction of sp³-hybridized carbons (Fsp3) is 0.154. The van der Waals surface area contributed by atoms with Gasteiger partial charge in [-0.05, 0) is 59.2 Å². The first kappa shape index (κ1) is 21.5. The number of fused-ring (bicyclic) bond motifs is 2. The molecule has 0 unspecified atom stereocenters. The Morgan fingerprint density at radius 2 is 1.82 bits per heavy atom. The number of hydrogen-bond acceptors (Lipinski definition) is 2. The van der Waals surface area contributed by atoms with Gasteiger partial charge in [-0.1, -0.05) is 47.3 Å². The van der Waals surface area contributed by atoms with E-state index in [4.69, 9.17) is 29.6 Å². The number of halogens is 3. The molecule has 3 aromatic rings. The third kappa shape index (κ3) is 3.30. The van der Waals surface area contributed by atoms with Crippen LogP contribution in [0.4, 0.5) is 10.1 Å². The maximum absolute atomic E-state index is 14.4. The van der Waals surface area contributed by atoms with E-state index in [1.807, 2.05) is 6.07 Å². The molecule has 0 aliphatic carbocycles. The van der Waals surface area contributed by atoms with Crippen LogP contribution in [0.3, 0.4) is 0 Å². The van der Waals surface area contributed by atoms with Gasteiger partial charge in [-0.3, -0.25) is 9.59 Å². The van der Waals surface area contributed by atoms with Crippen LogP contribution in [0.5, 0.6) is 0 Å². The Kier molecular flexibility index (Phi) is 5.16. The summed E-state index contributed by atoms with van der Waals surface area (Å²) in [5, 5.41) is 6.80. The van der Waals surface area contributed by atoms with E-state index < -0.39 is 23.2 Å². The number of anilines is 1. The highest BCUT2D eigenvalue weighted by atomic mass is 35.5. The second kappa shape index (κ2) is 7.91. The molecule has 2 N–H and O–H groups in total. The van der Waals surface area contributed by atoms with Crippen LogP contribution in [0.25, 0.3) is 0 Å². The Morgan fingerprint density at radius 1 is 1.03 bits per heavy atom. The minimum atomic E-state index is -1.31. The van der Waals surface area contributed by atoms with Gasteiger partial charge in [-0.15, -0.1) is 6.42 Å². The lowest BCUT2D eigenvalue weighted by atomic mass is 9.59. The molecule has 2 aliphatic heterocycles. The van der Waals surface area contributed by atoms with E-state index in [0.29, 0.717) is 32.4 Å². The zero-order valence-corrected chi connectivity index (χ0v) is 18.7. The number of terminal acetylenes is 1. The molecule has 7 heteroatoms. The predicted molar refractivity (Wildman–Crippen MR) is 126 cm³/mol. The summed E-state index contributed by atoms with van der Waals surface area (Å²) in [6, 6.07) is 15.3. The SMILES string of the molecule is C#Cc1ccc(F)cc1[C@H]1NC(=O)C[C@@H](c2cccc(Cl)c2)[C@]12C(=O)Nc1cc(Cl)ccc12. The van der Waals surface area contributed by atoms with E-state index in [1.165, 1.54) is 18.2 Å². The van der Waals surface area contributed by atoms with Gasteiger partial charge in [0.25, 0.3) is 0 Å². The zero-order chi connectivity index (χ0) is 23.3. The minimum absolute atomic E-state index is 0.0348. The molecule has 1 saturated heterocycles. The Morgan fingerprint density at radius 3 is 2.58 bits per heavy atom. The molecule has 3 atom stereocenters. The molecule has 1 spiro atoms. The molecule has 0 radical (unpaired) electrons. The fourth-order valence-corrected chi connectivity index (χ4v) is 5.54. The van der Waals surface area contributed by atoms with Crippen molar-refractivity contribution in [2.45, 2.75) is 23.8 Å². The Bertz CT molecular complexity index is 1370. The second-order valence-electron chi connectivity index (χ2n) is 8.20. The Hall–Kier alpha value is -3.33. The van der Waals surface area contributed by atoms with Crippen molar-refractivity contribution >= 4 is 40.7 Å². The van der Waals surface area contributed by atoms with Crippen molar-refractivity contribution in [3.8, 4) is 12.3 Å². The van der Waals surface area contributed by atoms with Gasteiger partial charge in [0, 0.05) is 33.6 Å². The number of hydrogen-bond donors (Lipinski definition) is 2. The first-order chi connectivity index (χ1) is 15.8. The zero-order valence-electron chi connectivity index (χ0n) is 17.2. The topological polar surface area (TPSA) is 58.2 Å². The summed E-state index contributed by atoms with van der Waals surface area (Å²) in [4.78, 5) is 26.8. The average Bonchev–Trinajstić information content (AvgIpc) is 3.06. The summed E-state index contributed by atoms with van der Waals surface area (Å²) in [5.74, 6) is 0.838. The number of rotatable bonds is 2. The normalized spacial score (nSPS) is 23.6. The summed E-state index contributed by atoms with van der Waals surface area (Å²) in [5.41, 5.74) is 1.36. The average molecular weight is 479 g/mol. The maximum atomic E-state index is 14.4. The quantitative estimate of drug-likeness (QED) is 0.487. The van der Waals surface area contributed by atoms with Gasteiger partial charge < -0.3 is 10.6 Å². The fourth-order valence-electron chi connectivity index (χ4n) is 5.17. The molecule has 2 heterocycles. The number of amides is 2. The van der Waals surface area contributed by atoms with Crippen LogP contribution in [0.1, 0.15) is 40.6 Å². The predicted octanol–water partition coefficient (Wildman–Crippen LogP) is 5.35. The van der Waals surface area contributed by atoms with Crippen molar-refractivity contribution in [2.24, 2.45) is 0 Å². The molecule has 3 aromatic carbocycles. The van der Waals surface area contributed by atoms with Crippen LogP contribution in [-0.4, -0.2) is 11.8 Å². The van der Waals surface area contributed by atoms with Gasteiger partial charge in [0.2, 0.25) is 11.8 Å². The molecule has 2 aliphatic rings. The highest BCUT2D eigenvalue weighted by molar-refractivity contribution is 6.31. The molecular weight excluding hydrogens is 462 g/mol. The molecule has 0 saturated carbocycles. The summed E-state index contributed by atoms with van der Waals surface area (Å²) >= 11 is 12.5. The van der Waals surface area contributed by atoms with E-state index in [2.05, 4.69) is 16.6 Å². The number of benzene rings is 3. The lowest BCUT2D eigenvalue weighted by molar-refractivity contribution is -0.131. The smallest absolute Gasteiger partial charge is 0.238 e. The molecule has 0 bridgehead atoms. The van der Waals surface area contributed by atoms with Crippen molar-refractivity contribution in [3.05, 3.63) is 98.8 Å². The minimum Gasteiger partial charge on any atom is -0.348 e. The van der Waals surface area contributed by atoms with Crippen LogP contribution in [0.15, 0.2) is 60.7 Å². The van der Waals surface area contributed by atoms with Gasteiger partial charge in [-0.25, -0.2) is 4.39 Å². The summed E-state index contributed by atoms with van der Waals surface area (Å²) in [6.07, 6.45) is 5.76. The van der Waals surface area contributed by atoms with Crippen LogP contribution < -0.4 is 10.6 Å². The Labute approximate surface area is 200 Å². The van der Waals surface area contributed by atoms with Crippen LogP contribution in [0.2, 0.25) is 10.0 Å². The Balaban J connectivity index is 1.85. The van der Waals surface area contributed by atoms with Crippen LogP contribution in [-0.2, 0) is 15.0 Å². The largest absolute Gasteiger partial charge is 0.348 e. The lowest BCUT2D eigenvalue weighted by Gasteiger charge is -2.46. The second-order valence-corrected chi connectivity index (χ2v) is 9.07. The van der Waals surface area contributed by atoms with E-state index in [0.717, 1.165) is 5.56 Å². The molecule has 2 amide bonds. The number of nitrogens with one attached hydrogen (secondary N) is 2. The lowest BCUT2D eigenvalue weighted by Crippen LogP contribution is -2.57. The van der Waals surface area contributed by atoms with E-state index in [-0.39, 0.29) is 18.2 Å². The van der Waals surface area contributed by atoms with Crippen molar-refractivity contribution in [3.63, 3.8) is 0 Å². The van der Waals surface area contributed by atoms with Crippen molar-refractivity contribution in [1.82, 2.24) is 5.32 Å². The summed E-state index contributed by atoms with van der Waals surface area (Å²) in [7, 11) is 0. The van der Waals surface area contributed by atoms with Gasteiger partial charge in [0.15, 0.2) is 0 Å². The molecule has 0 aromatic heterocycles. The molecular formula is C26H17Cl2FN2O2. The van der Waals surface area contributed by atoms with Crippen molar-refractivity contribution in [1.29, 1.82) is 0 Å². The van der Waals surface area contributed by atoms with Gasteiger partial charge in [0.1, 0.15) is 11.2 Å². The monoisotopic (exact) mass is 478 g/mol. The standard InChI is InChI=1S/C26H17Cl2FN2O2/c1-2-14-6-8-18(29)12-19(14)24-26(20-9-7-17(28)11-22(20)30-25(26)33)21(13-23(32)31-24)15-4-3-5-16(27)10-15/h1,3-12,21,24H,13H2,(H,30,33)(H,31,32)/t21-,24+,26-/m0/s1. The number of carbonyl (C=O) groups excluding carboxylic acids is 2. The molecule has 4 nitrogen and oxygen atoms in total. The van der Waals surface area contributed by atoms with E-state index in [9.17, 15) is 14.0 Å². The summed E-state index contributed by atoms with van der Waals surface area (Å²) < 4.78 is 14.4. The van der Waals surface area contributed by atoms with E-state index >= 15 is 0 Å². The van der Waals surface area contributed by atoms with Gasteiger partial charge in [0.05, 0.1) is 6.04 Å². The highest BCUT2D eigenvalue weighted by Crippen LogP contribution is 2.57. The third-order valence-electron chi connectivity index (χ3n) is 6.48. The van der Waals surface area contributed by atoms with E-state index in [1.54, 1.807) is 36.4 Å². The van der Waals surface area contributed by atoms with Crippen LogP contribution >= 0.6 is 23.2 Å². The van der Waals surface area contributed by atoms with Crippen molar-refractivity contribution < 1.29 is 14.0 Å². The third-order valence-corrected chi connectivity index (χ3v) is 6.95. The first-order valence-corrected chi connectivity index (χ1v) is 11.0. The number of piperidine rings is 1. The highest BCUT2D eigenvalue weighted by Gasteiger charge is 2.61. The molecule has 33 heavy (non-hydrogen) atoms. The first-order valence-electron chi connectivity index (χ1n) is 10.3. The molecule has 164 valence electrons. The number of carbonyl (C=O) groups is 2. The van der Waals surface area contributed by atoms with Crippen LogP contribution in [0, 0.1) is 18.2 Å². The summed E-state index contributed by atoms with van der Waals surface area (Å²) in [6.45, 7) is 0. The van der Waals surface area contributed by atoms with Gasteiger partial charge in [-0.2, -0.15) is 0 Å². The molecule has 5 rings (SSSR count). The van der Waals surface area contributed by atoms with Crippen molar-refractivity contribution in [2.75, 3.05) is 5.32 Å².